The van der Waals surface area contributed by atoms with E-state index in [9.17, 15) is 9.18 Å². The lowest BCUT2D eigenvalue weighted by atomic mass is 10.00. The van der Waals surface area contributed by atoms with E-state index in [4.69, 9.17) is 0 Å². The fraction of sp³-hybridized carbons (Fsp3) is 0.350. The third-order valence-corrected chi connectivity index (χ3v) is 4.58. The lowest BCUT2D eigenvalue weighted by Crippen LogP contribution is -2.49. The van der Waals surface area contributed by atoms with Crippen LogP contribution in [0.15, 0.2) is 48.5 Å². The van der Waals surface area contributed by atoms with E-state index in [-0.39, 0.29) is 24.2 Å². The number of carbonyl (C=O) groups excluding carboxylic acids is 1. The minimum absolute atomic E-state index is 0.0331. The van der Waals surface area contributed by atoms with Crippen LogP contribution in [0.3, 0.4) is 0 Å². The van der Waals surface area contributed by atoms with Crippen LogP contribution in [0, 0.1) is 5.82 Å². The Morgan fingerprint density at radius 2 is 2.00 bits per heavy atom. The van der Waals surface area contributed by atoms with Gasteiger partial charge in [-0.1, -0.05) is 43.3 Å². The predicted molar refractivity (Wildman–Crippen MR) is 93.2 cm³/mol. The molecule has 1 amide bonds. The van der Waals surface area contributed by atoms with Gasteiger partial charge in [-0.2, -0.15) is 0 Å². The van der Waals surface area contributed by atoms with Crippen molar-refractivity contribution in [2.45, 2.75) is 25.8 Å². The van der Waals surface area contributed by atoms with Crippen molar-refractivity contribution in [2.24, 2.45) is 0 Å². The van der Waals surface area contributed by atoms with Crippen molar-refractivity contribution in [2.75, 3.05) is 19.6 Å². The maximum atomic E-state index is 13.3. The summed E-state index contributed by atoms with van der Waals surface area (Å²) in [4.78, 5) is 14.7. The Morgan fingerprint density at radius 3 is 2.71 bits per heavy atom. The highest BCUT2D eigenvalue weighted by Crippen LogP contribution is 2.24. The number of halogens is 1. The zero-order chi connectivity index (χ0) is 16.9. The summed E-state index contributed by atoms with van der Waals surface area (Å²) < 4.78 is 13.3. The van der Waals surface area contributed by atoms with E-state index >= 15 is 0 Å². The van der Waals surface area contributed by atoms with Gasteiger partial charge in [-0.25, -0.2) is 4.39 Å². The van der Waals surface area contributed by atoms with Gasteiger partial charge in [0.15, 0.2) is 0 Å². The summed E-state index contributed by atoms with van der Waals surface area (Å²) in [5, 5.41) is 3.37. The second-order valence-corrected chi connectivity index (χ2v) is 6.21. The second-order valence-electron chi connectivity index (χ2n) is 6.21. The van der Waals surface area contributed by atoms with Gasteiger partial charge in [-0.15, -0.1) is 0 Å². The normalized spacial score (nSPS) is 17.8. The smallest absolute Gasteiger partial charge is 0.227 e. The van der Waals surface area contributed by atoms with Crippen LogP contribution in [0.1, 0.15) is 29.7 Å². The third kappa shape index (κ3) is 3.82. The quantitative estimate of drug-likeness (QED) is 0.936. The zero-order valence-corrected chi connectivity index (χ0v) is 14.0. The SMILES string of the molecule is CCc1ccc(C2CNCCN2C(=O)Cc2cccc(F)c2)cc1. The van der Waals surface area contributed by atoms with Gasteiger partial charge < -0.3 is 10.2 Å². The maximum absolute atomic E-state index is 13.3. The molecule has 0 saturated carbocycles. The molecule has 4 heteroatoms. The number of nitrogens with zero attached hydrogens (tertiary/aromatic N) is 1. The van der Waals surface area contributed by atoms with Crippen molar-refractivity contribution >= 4 is 5.91 Å². The van der Waals surface area contributed by atoms with Crippen LogP contribution in [0.25, 0.3) is 0 Å². The van der Waals surface area contributed by atoms with Gasteiger partial charge in [0.1, 0.15) is 5.82 Å². The van der Waals surface area contributed by atoms with Crippen molar-refractivity contribution in [3.05, 3.63) is 71.0 Å². The molecule has 2 aromatic rings. The molecule has 0 aromatic heterocycles. The number of hydrogen-bond donors (Lipinski definition) is 1. The van der Waals surface area contributed by atoms with Crippen molar-refractivity contribution < 1.29 is 9.18 Å². The van der Waals surface area contributed by atoms with Gasteiger partial charge in [-0.05, 0) is 35.2 Å². The van der Waals surface area contributed by atoms with Crippen LogP contribution in [-0.4, -0.2) is 30.4 Å². The first kappa shape index (κ1) is 16.7. The van der Waals surface area contributed by atoms with E-state index in [1.165, 1.54) is 17.7 Å². The third-order valence-electron chi connectivity index (χ3n) is 4.58. The van der Waals surface area contributed by atoms with Crippen LogP contribution in [0.2, 0.25) is 0 Å². The molecule has 1 saturated heterocycles. The average molecular weight is 326 g/mol. The Labute approximate surface area is 142 Å². The molecule has 1 fully saturated rings. The molecule has 0 aliphatic carbocycles. The Kier molecular flexibility index (Phi) is 5.26. The minimum atomic E-state index is -0.299. The summed E-state index contributed by atoms with van der Waals surface area (Å²) in [5.41, 5.74) is 3.16. The number of aryl methyl sites for hydroxylation is 1. The van der Waals surface area contributed by atoms with E-state index in [1.54, 1.807) is 12.1 Å². The monoisotopic (exact) mass is 326 g/mol. The molecular weight excluding hydrogens is 303 g/mol. The van der Waals surface area contributed by atoms with Gasteiger partial charge >= 0.3 is 0 Å². The Hall–Kier alpha value is -2.20. The summed E-state index contributed by atoms with van der Waals surface area (Å²) in [6.07, 6.45) is 1.24. The maximum Gasteiger partial charge on any atom is 0.227 e. The number of rotatable bonds is 4. The first-order valence-electron chi connectivity index (χ1n) is 8.51. The highest BCUT2D eigenvalue weighted by Gasteiger charge is 2.27. The molecule has 1 heterocycles. The number of hydrogen-bond acceptors (Lipinski definition) is 2. The topological polar surface area (TPSA) is 32.3 Å². The molecular formula is C20H23FN2O. The van der Waals surface area contributed by atoms with Gasteiger partial charge in [-0.3, -0.25) is 4.79 Å². The summed E-state index contributed by atoms with van der Waals surface area (Å²) in [5.74, 6) is -0.251. The van der Waals surface area contributed by atoms with E-state index < -0.39 is 0 Å². The second kappa shape index (κ2) is 7.58. The van der Waals surface area contributed by atoms with Crippen LogP contribution in [0.5, 0.6) is 0 Å². The molecule has 1 aliphatic heterocycles. The zero-order valence-electron chi connectivity index (χ0n) is 14.0. The van der Waals surface area contributed by atoms with E-state index in [0.29, 0.717) is 6.54 Å². The van der Waals surface area contributed by atoms with Gasteiger partial charge in [0.2, 0.25) is 5.91 Å². The number of amides is 1. The molecule has 1 unspecified atom stereocenters. The van der Waals surface area contributed by atoms with E-state index in [1.807, 2.05) is 4.90 Å². The Bertz CT molecular complexity index is 699. The standard InChI is InChI=1S/C20H23FN2O/c1-2-15-6-8-17(9-7-15)19-14-22-10-11-23(19)20(24)13-16-4-3-5-18(21)12-16/h3-9,12,19,22H,2,10-11,13-14H2,1H3. The molecule has 24 heavy (non-hydrogen) atoms. The fourth-order valence-electron chi connectivity index (χ4n) is 3.20. The molecule has 0 spiro atoms. The van der Waals surface area contributed by atoms with E-state index in [2.05, 4.69) is 36.5 Å². The number of piperazine rings is 1. The molecule has 1 atom stereocenters. The highest BCUT2D eigenvalue weighted by molar-refractivity contribution is 5.79. The largest absolute Gasteiger partial charge is 0.333 e. The van der Waals surface area contributed by atoms with Crippen LogP contribution >= 0.6 is 0 Å². The molecule has 126 valence electrons. The molecule has 3 rings (SSSR count). The Balaban J connectivity index is 1.76. The Morgan fingerprint density at radius 1 is 1.21 bits per heavy atom. The number of carbonyl (C=O) groups is 1. The molecule has 0 bridgehead atoms. The van der Waals surface area contributed by atoms with Crippen molar-refractivity contribution in [1.29, 1.82) is 0 Å². The van der Waals surface area contributed by atoms with Crippen molar-refractivity contribution in [3.63, 3.8) is 0 Å². The highest BCUT2D eigenvalue weighted by atomic mass is 19.1. The lowest BCUT2D eigenvalue weighted by Gasteiger charge is -2.36. The fourth-order valence-corrected chi connectivity index (χ4v) is 3.20. The van der Waals surface area contributed by atoms with E-state index in [0.717, 1.165) is 30.6 Å². The van der Waals surface area contributed by atoms with Gasteiger partial charge in [0, 0.05) is 19.6 Å². The minimum Gasteiger partial charge on any atom is -0.333 e. The molecule has 1 N–H and O–H groups in total. The molecule has 1 aliphatic rings. The van der Waals surface area contributed by atoms with Crippen LogP contribution in [-0.2, 0) is 17.6 Å². The van der Waals surface area contributed by atoms with Gasteiger partial charge in [0.05, 0.1) is 12.5 Å². The number of nitrogens with one attached hydrogen (secondary N) is 1. The summed E-state index contributed by atoms with van der Waals surface area (Å²) >= 11 is 0. The number of benzene rings is 2. The summed E-state index contributed by atoms with van der Waals surface area (Å²) in [6.45, 7) is 4.35. The van der Waals surface area contributed by atoms with Crippen LogP contribution in [0.4, 0.5) is 4.39 Å². The van der Waals surface area contributed by atoms with Crippen LogP contribution < -0.4 is 5.32 Å². The first-order chi connectivity index (χ1) is 11.7. The lowest BCUT2D eigenvalue weighted by molar-refractivity contribution is -0.133. The molecule has 3 nitrogen and oxygen atoms in total. The average Bonchev–Trinajstić information content (AvgIpc) is 2.62. The summed E-state index contributed by atoms with van der Waals surface area (Å²) in [7, 11) is 0. The van der Waals surface area contributed by atoms with Crippen molar-refractivity contribution in [3.8, 4) is 0 Å². The first-order valence-corrected chi connectivity index (χ1v) is 8.51. The molecule has 0 radical (unpaired) electrons. The predicted octanol–water partition coefficient (Wildman–Crippen LogP) is 3.10. The summed E-state index contributed by atoms with van der Waals surface area (Å²) in [6, 6.07) is 14.8. The molecule has 2 aromatic carbocycles. The van der Waals surface area contributed by atoms with Crippen molar-refractivity contribution in [1.82, 2.24) is 10.2 Å². The van der Waals surface area contributed by atoms with Gasteiger partial charge in [0.25, 0.3) is 0 Å².